The number of ether oxygens (including phenoxy) is 1. The van der Waals surface area contributed by atoms with Crippen LogP contribution >= 0.6 is 0 Å². The second-order valence-corrected chi connectivity index (χ2v) is 5.23. The lowest BCUT2D eigenvalue weighted by Gasteiger charge is -1.99. The fraction of sp³-hybridized carbons (Fsp3) is 0.0476. The molecule has 0 fully saturated rings. The highest BCUT2D eigenvalue weighted by Crippen LogP contribution is 2.19. The second kappa shape index (κ2) is 7.88. The summed E-state index contributed by atoms with van der Waals surface area (Å²) in [5.74, 6) is 0.861. The summed E-state index contributed by atoms with van der Waals surface area (Å²) in [7, 11) is 1.67. The Kier molecular flexibility index (Phi) is 5.15. The number of hydrogen-bond acceptors (Lipinski definition) is 3. The van der Waals surface area contributed by atoms with Crippen LogP contribution in [-0.4, -0.2) is 7.11 Å². The van der Waals surface area contributed by atoms with Gasteiger partial charge >= 0.3 is 0 Å². The zero-order valence-corrected chi connectivity index (χ0v) is 13.5. The number of azo groups is 1. The van der Waals surface area contributed by atoms with Crippen LogP contribution in [0.2, 0.25) is 0 Å². The summed E-state index contributed by atoms with van der Waals surface area (Å²) in [6.07, 6.45) is 4.14. The molecule has 3 aromatic carbocycles. The van der Waals surface area contributed by atoms with E-state index in [1.807, 2.05) is 78.9 Å². The summed E-state index contributed by atoms with van der Waals surface area (Å²) in [6, 6.07) is 25.6. The van der Waals surface area contributed by atoms with Crippen molar-refractivity contribution >= 4 is 23.5 Å². The third-order valence-electron chi connectivity index (χ3n) is 3.51. The minimum absolute atomic E-state index is 0.834. The number of benzene rings is 3. The minimum Gasteiger partial charge on any atom is -0.497 e. The van der Waals surface area contributed by atoms with Crippen molar-refractivity contribution in [1.29, 1.82) is 0 Å². The van der Waals surface area contributed by atoms with Crippen molar-refractivity contribution in [3.63, 3.8) is 0 Å². The van der Waals surface area contributed by atoms with Crippen LogP contribution < -0.4 is 4.74 Å². The van der Waals surface area contributed by atoms with E-state index in [9.17, 15) is 0 Å². The Bertz CT molecular complexity index is 820. The molecule has 0 heterocycles. The first-order valence-corrected chi connectivity index (χ1v) is 7.72. The molecule has 0 unspecified atom stereocenters. The fourth-order valence-electron chi connectivity index (χ4n) is 2.17. The highest BCUT2D eigenvalue weighted by atomic mass is 16.5. The van der Waals surface area contributed by atoms with E-state index in [1.165, 1.54) is 0 Å². The van der Waals surface area contributed by atoms with Crippen molar-refractivity contribution in [2.24, 2.45) is 10.2 Å². The smallest absolute Gasteiger partial charge is 0.118 e. The van der Waals surface area contributed by atoms with Gasteiger partial charge in [0.15, 0.2) is 0 Å². The van der Waals surface area contributed by atoms with Gasteiger partial charge in [0.05, 0.1) is 18.5 Å². The van der Waals surface area contributed by atoms with Crippen LogP contribution in [0.3, 0.4) is 0 Å². The topological polar surface area (TPSA) is 34.0 Å². The molecule has 0 aliphatic heterocycles. The molecule has 0 spiro atoms. The maximum Gasteiger partial charge on any atom is 0.118 e. The Morgan fingerprint density at radius 2 is 1.12 bits per heavy atom. The maximum absolute atomic E-state index is 5.16. The summed E-state index contributed by atoms with van der Waals surface area (Å²) in [5, 5.41) is 8.45. The Hall–Kier alpha value is -3.20. The SMILES string of the molecule is COc1ccc(/C=C/c2ccc(N=Nc3ccccc3)cc2)cc1. The summed E-state index contributed by atoms with van der Waals surface area (Å²) in [5.41, 5.74) is 3.93. The molecule has 0 aliphatic carbocycles. The Morgan fingerprint density at radius 1 is 0.625 bits per heavy atom. The van der Waals surface area contributed by atoms with E-state index >= 15 is 0 Å². The van der Waals surface area contributed by atoms with Crippen LogP contribution in [0.4, 0.5) is 11.4 Å². The number of hydrogen-bond donors (Lipinski definition) is 0. The van der Waals surface area contributed by atoms with E-state index in [0.29, 0.717) is 0 Å². The first kappa shape index (κ1) is 15.7. The molecule has 3 nitrogen and oxygen atoms in total. The average Bonchev–Trinajstić information content (AvgIpc) is 2.67. The average molecular weight is 314 g/mol. The van der Waals surface area contributed by atoms with Gasteiger partial charge in [-0.1, -0.05) is 54.6 Å². The first-order valence-electron chi connectivity index (χ1n) is 7.72. The van der Waals surface area contributed by atoms with Crippen molar-refractivity contribution in [2.45, 2.75) is 0 Å². The molecule has 0 atom stereocenters. The molecule has 0 N–H and O–H groups in total. The normalized spacial score (nSPS) is 11.2. The van der Waals surface area contributed by atoms with E-state index in [2.05, 4.69) is 22.4 Å². The van der Waals surface area contributed by atoms with E-state index in [-0.39, 0.29) is 0 Å². The summed E-state index contributed by atoms with van der Waals surface area (Å²) >= 11 is 0. The van der Waals surface area contributed by atoms with Gasteiger partial charge in [-0.2, -0.15) is 10.2 Å². The molecule has 3 heteroatoms. The van der Waals surface area contributed by atoms with E-state index in [4.69, 9.17) is 4.74 Å². The van der Waals surface area contributed by atoms with Gasteiger partial charge in [0.1, 0.15) is 5.75 Å². The third kappa shape index (κ3) is 4.40. The molecule has 0 radical (unpaired) electrons. The predicted octanol–water partition coefficient (Wildman–Crippen LogP) is 6.28. The highest BCUT2D eigenvalue weighted by Gasteiger charge is 1.93. The molecule has 0 amide bonds. The van der Waals surface area contributed by atoms with Gasteiger partial charge < -0.3 is 4.74 Å². The maximum atomic E-state index is 5.16. The molecule has 24 heavy (non-hydrogen) atoms. The monoisotopic (exact) mass is 314 g/mol. The lowest BCUT2D eigenvalue weighted by atomic mass is 10.1. The lowest BCUT2D eigenvalue weighted by molar-refractivity contribution is 0.415. The van der Waals surface area contributed by atoms with E-state index < -0.39 is 0 Å². The molecular formula is C21H18N2O. The van der Waals surface area contributed by atoms with Crippen LogP contribution in [0.1, 0.15) is 11.1 Å². The number of nitrogens with zero attached hydrogens (tertiary/aromatic N) is 2. The number of rotatable bonds is 5. The van der Waals surface area contributed by atoms with Gasteiger partial charge in [-0.3, -0.25) is 0 Å². The van der Waals surface area contributed by atoms with Gasteiger partial charge in [0.25, 0.3) is 0 Å². The molecule has 3 aromatic rings. The van der Waals surface area contributed by atoms with Crippen molar-refractivity contribution in [1.82, 2.24) is 0 Å². The second-order valence-electron chi connectivity index (χ2n) is 5.23. The zero-order chi connectivity index (χ0) is 16.6. The van der Waals surface area contributed by atoms with E-state index in [1.54, 1.807) is 7.11 Å². The van der Waals surface area contributed by atoms with Gasteiger partial charge in [-0.25, -0.2) is 0 Å². The van der Waals surface area contributed by atoms with Crippen molar-refractivity contribution in [3.05, 3.63) is 90.0 Å². The molecule has 0 bridgehead atoms. The van der Waals surface area contributed by atoms with Crippen molar-refractivity contribution < 1.29 is 4.74 Å². The molecule has 0 saturated heterocycles. The summed E-state index contributed by atoms with van der Waals surface area (Å²) < 4.78 is 5.16. The molecule has 3 rings (SSSR count). The highest BCUT2D eigenvalue weighted by molar-refractivity contribution is 5.70. The fourth-order valence-corrected chi connectivity index (χ4v) is 2.17. The van der Waals surface area contributed by atoms with Crippen LogP contribution in [0.5, 0.6) is 5.75 Å². The van der Waals surface area contributed by atoms with Crippen LogP contribution in [-0.2, 0) is 0 Å². The molecule has 118 valence electrons. The zero-order valence-electron chi connectivity index (χ0n) is 13.5. The molecule has 0 aliphatic rings. The minimum atomic E-state index is 0.834. The van der Waals surface area contributed by atoms with Crippen molar-refractivity contribution in [2.75, 3.05) is 7.11 Å². The first-order chi connectivity index (χ1) is 11.8. The third-order valence-corrected chi connectivity index (χ3v) is 3.51. The Labute approximate surface area is 142 Å². The van der Waals surface area contributed by atoms with Gasteiger partial charge in [0.2, 0.25) is 0 Å². The van der Waals surface area contributed by atoms with Crippen LogP contribution in [0.25, 0.3) is 12.2 Å². The van der Waals surface area contributed by atoms with Gasteiger partial charge in [-0.05, 0) is 47.5 Å². The molecule has 0 saturated carbocycles. The van der Waals surface area contributed by atoms with Crippen LogP contribution in [0, 0.1) is 0 Å². The van der Waals surface area contributed by atoms with E-state index in [0.717, 1.165) is 28.3 Å². The predicted molar refractivity (Wildman–Crippen MR) is 99.0 cm³/mol. The van der Waals surface area contributed by atoms with Crippen LogP contribution in [0.15, 0.2) is 89.1 Å². The summed E-state index contributed by atoms with van der Waals surface area (Å²) in [4.78, 5) is 0. The van der Waals surface area contributed by atoms with Gasteiger partial charge in [0, 0.05) is 0 Å². The quantitative estimate of drug-likeness (QED) is 0.403. The Morgan fingerprint density at radius 3 is 1.67 bits per heavy atom. The molecule has 0 aromatic heterocycles. The largest absolute Gasteiger partial charge is 0.497 e. The standard InChI is InChI=1S/C21H18N2O/c1-24-21-15-11-18(12-16-21)8-7-17-9-13-20(14-10-17)23-22-19-5-3-2-4-6-19/h2-16H,1H3/b8-7+,23-22?. The molecular weight excluding hydrogens is 296 g/mol. The number of methoxy groups -OCH3 is 1. The van der Waals surface area contributed by atoms with Crippen molar-refractivity contribution in [3.8, 4) is 5.75 Å². The summed E-state index contributed by atoms with van der Waals surface area (Å²) in [6.45, 7) is 0. The Balaban J connectivity index is 1.65. The lowest BCUT2D eigenvalue weighted by Crippen LogP contribution is -1.81. The van der Waals surface area contributed by atoms with Gasteiger partial charge in [-0.15, -0.1) is 0 Å².